The van der Waals surface area contributed by atoms with E-state index in [0.29, 0.717) is 17.8 Å². The number of rotatable bonds is 5. The largest absolute Gasteiger partial charge is 0.355 e. The Kier molecular flexibility index (Phi) is 7.20. The van der Waals surface area contributed by atoms with Crippen molar-refractivity contribution in [1.29, 1.82) is 0 Å². The summed E-state index contributed by atoms with van der Waals surface area (Å²) in [5.41, 5.74) is 2.57. The number of nitrogens with one attached hydrogen (secondary N) is 2. The van der Waals surface area contributed by atoms with Crippen LogP contribution in [0.1, 0.15) is 34.1 Å². The smallest absolute Gasteiger partial charge is 0.205 e. The van der Waals surface area contributed by atoms with Gasteiger partial charge in [-0.1, -0.05) is 27.7 Å². The maximum Gasteiger partial charge on any atom is 0.205 e. The fourth-order valence-corrected chi connectivity index (χ4v) is 0.906. The number of nitrogens with zero attached hydrogens (tertiary/aromatic N) is 1. The molecule has 4 N–H and O–H groups in total. The highest BCUT2D eigenvalue weighted by Crippen LogP contribution is 1.96. The minimum Gasteiger partial charge on any atom is -0.355 e. The van der Waals surface area contributed by atoms with Gasteiger partial charge in [-0.15, -0.1) is 0 Å². The van der Waals surface area contributed by atoms with E-state index in [2.05, 4.69) is 43.4 Å². The molecule has 0 radical (unpaired) electrons. The van der Waals surface area contributed by atoms with Crippen LogP contribution in [0.15, 0.2) is 4.99 Å². The van der Waals surface area contributed by atoms with Crippen LogP contribution in [-0.4, -0.2) is 19.0 Å². The molecule has 0 aliphatic rings. The average Bonchev–Trinajstić information content (AvgIpc) is 2.10. The Labute approximate surface area is 87.3 Å². The first-order valence-corrected chi connectivity index (χ1v) is 5.31. The van der Waals surface area contributed by atoms with Gasteiger partial charge in [0.15, 0.2) is 0 Å². The lowest BCUT2D eigenvalue weighted by Crippen LogP contribution is -2.42. The highest BCUT2D eigenvalue weighted by Gasteiger charge is 1.98. The zero-order valence-corrected chi connectivity index (χ0v) is 9.80. The lowest BCUT2D eigenvalue weighted by Gasteiger charge is -2.10. The Morgan fingerprint density at radius 1 is 1.21 bits per heavy atom. The third-order valence-electron chi connectivity index (χ3n) is 1.77. The highest BCUT2D eigenvalue weighted by atomic mass is 15.3. The number of aliphatic imine (C=N–C) groups is 1. The Balaban J connectivity index is 3.73. The lowest BCUT2D eigenvalue weighted by atomic mass is 10.1. The Morgan fingerprint density at radius 3 is 2.29 bits per heavy atom. The van der Waals surface area contributed by atoms with Gasteiger partial charge >= 0.3 is 0 Å². The van der Waals surface area contributed by atoms with Crippen molar-refractivity contribution in [3.05, 3.63) is 0 Å². The van der Waals surface area contributed by atoms with Crippen LogP contribution in [0.25, 0.3) is 0 Å². The molecule has 14 heavy (non-hydrogen) atoms. The first kappa shape index (κ1) is 13.2. The second kappa shape index (κ2) is 7.62. The second-order valence-corrected chi connectivity index (χ2v) is 4.34. The molecule has 0 rings (SSSR count). The lowest BCUT2D eigenvalue weighted by molar-refractivity contribution is 0.572. The molecule has 84 valence electrons. The summed E-state index contributed by atoms with van der Waals surface area (Å²) in [6, 6.07) is 0. The van der Waals surface area contributed by atoms with E-state index in [9.17, 15) is 0 Å². The minimum atomic E-state index is 0.560. The summed E-state index contributed by atoms with van der Waals surface area (Å²) in [7, 11) is 0. The SMILES string of the molecule is CC(C)CCNC(=NCC(C)C)NN. The van der Waals surface area contributed by atoms with Crippen LogP contribution in [-0.2, 0) is 0 Å². The number of nitrogens with two attached hydrogens (primary N) is 1. The summed E-state index contributed by atoms with van der Waals surface area (Å²) in [6.07, 6.45) is 1.13. The average molecular weight is 200 g/mol. The topological polar surface area (TPSA) is 62.4 Å². The van der Waals surface area contributed by atoms with Crippen LogP contribution in [0.2, 0.25) is 0 Å². The van der Waals surface area contributed by atoms with Gasteiger partial charge in [0.25, 0.3) is 0 Å². The van der Waals surface area contributed by atoms with Gasteiger partial charge in [0.2, 0.25) is 5.96 Å². The molecule has 0 saturated heterocycles. The summed E-state index contributed by atoms with van der Waals surface area (Å²) in [5, 5.41) is 3.17. The van der Waals surface area contributed by atoms with Crippen molar-refractivity contribution in [2.75, 3.05) is 13.1 Å². The molecule has 0 aromatic rings. The molecule has 0 aromatic heterocycles. The Morgan fingerprint density at radius 2 is 1.86 bits per heavy atom. The van der Waals surface area contributed by atoms with E-state index in [-0.39, 0.29) is 0 Å². The summed E-state index contributed by atoms with van der Waals surface area (Å²) in [6.45, 7) is 10.4. The van der Waals surface area contributed by atoms with Crippen LogP contribution in [0.4, 0.5) is 0 Å². The van der Waals surface area contributed by atoms with E-state index < -0.39 is 0 Å². The van der Waals surface area contributed by atoms with E-state index in [0.717, 1.165) is 19.5 Å². The van der Waals surface area contributed by atoms with Crippen molar-refractivity contribution < 1.29 is 0 Å². The van der Waals surface area contributed by atoms with Crippen LogP contribution < -0.4 is 16.6 Å². The molecule has 0 fully saturated rings. The third kappa shape index (κ3) is 7.86. The standard InChI is InChI=1S/C10H24N4/c1-8(2)5-6-12-10(14-11)13-7-9(3)4/h8-9H,5-7,11H2,1-4H3,(H2,12,13,14). The van der Waals surface area contributed by atoms with Crippen molar-refractivity contribution in [2.45, 2.75) is 34.1 Å². The molecule has 0 spiro atoms. The normalized spacial score (nSPS) is 12.4. The highest BCUT2D eigenvalue weighted by molar-refractivity contribution is 5.79. The monoisotopic (exact) mass is 200 g/mol. The molecule has 4 heteroatoms. The fourth-order valence-electron chi connectivity index (χ4n) is 0.906. The molecular formula is C10H24N4. The fraction of sp³-hybridized carbons (Fsp3) is 0.900. The van der Waals surface area contributed by atoms with Gasteiger partial charge in [-0.05, 0) is 18.3 Å². The van der Waals surface area contributed by atoms with E-state index in [4.69, 9.17) is 5.84 Å². The maximum atomic E-state index is 5.33. The molecule has 0 heterocycles. The summed E-state index contributed by atoms with van der Waals surface area (Å²) >= 11 is 0. The predicted octanol–water partition coefficient (Wildman–Crippen LogP) is 1.10. The van der Waals surface area contributed by atoms with Crippen LogP contribution in [0, 0.1) is 11.8 Å². The molecule has 4 nitrogen and oxygen atoms in total. The van der Waals surface area contributed by atoms with Crippen molar-refractivity contribution in [1.82, 2.24) is 10.7 Å². The molecule has 0 saturated carbocycles. The number of hydrazine groups is 1. The van der Waals surface area contributed by atoms with E-state index >= 15 is 0 Å². The Hall–Kier alpha value is -0.770. The Bertz CT molecular complexity index is 164. The van der Waals surface area contributed by atoms with E-state index in [1.54, 1.807) is 0 Å². The quantitative estimate of drug-likeness (QED) is 0.269. The van der Waals surface area contributed by atoms with Gasteiger partial charge in [0, 0.05) is 13.1 Å². The van der Waals surface area contributed by atoms with Gasteiger partial charge in [0.05, 0.1) is 0 Å². The van der Waals surface area contributed by atoms with Crippen molar-refractivity contribution >= 4 is 5.96 Å². The number of hydrogen-bond donors (Lipinski definition) is 3. The minimum absolute atomic E-state index is 0.560. The predicted molar refractivity (Wildman–Crippen MR) is 61.9 cm³/mol. The summed E-state index contributed by atoms with van der Waals surface area (Å²) < 4.78 is 0. The van der Waals surface area contributed by atoms with Gasteiger partial charge in [-0.25, -0.2) is 5.84 Å². The van der Waals surface area contributed by atoms with Crippen LogP contribution in [0.3, 0.4) is 0 Å². The molecular weight excluding hydrogens is 176 g/mol. The van der Waals surface area contributed by atoms with Gasteiger partial charge in [-0.2, -0.15) is 0 Å². The molecule has 0 amide bonds. The first-order chi connectivity index (χ1) is 6.56. The molecule has 0 atom stereocenters. The molecule has 0 bridgehead atoms. The zero-order valence-electron chi connectivity index (χ0n) is 9.80. The first-order valence-electron chi connectivity index (χ1n) is 5.31. The summed E-state index contributed by atoms with van der Waals surface area (Å²) in [5.74, 6) is 7.29. The maximum absolute atomic E-state index is 5.33. The zero-order chi connectivity index (χ0) is 11.0. The number of guanidine groups is 1. The van der Waals surface area contributed by atoms with Gasteiger partial charge in [0.1, 0.15) is 0 Å². The third-order valence-corrected chi connectivity index (χ3v) is 1.77. The molecule has 0 aliphatic carbocycles. The van der Waals surface area contributed by atoms with Crippen LogP contribution >= 0.6 is 0 Å². The van der Waals surface area contributed by atoms with Crippen molar-refractivity contribution in [3.63, 3.8) is 0 Å². The summed E-state index contributed by atoms with van der Waals surface area (Å²) in [4.78, 5) is 4.31. The molecule has 0 aromatic carbocycles. The van der Waals surface area contributed by atoms with E-state index in [1.807, 2.05) is 0 Å². The van der Waals surface area contributed by atoms with Gasteiger partial charge < -0.3 is 5.32 Å². The van der Waals surface area contributed by atoms with Gasteiger partial charge in [-0.3, -0.25) is 10.4 Å². The second-order valence-electron chi connectivity index (χ2n) is 4.34. The van der Waals surface area contributed by atoms with Crippen molar-refractivity contribution in [3.8, 4) is 0 Å². The molecule has 0 aliphatic heterocycles. The van der Waals surface area contributed by atoms with E-state index in [1.165, 1.54) is 0 Å². The number of hydrogen-bond acceptors (Lipinski definition) is 2. The van der Waals surface area contributed by atoms with Crippen molar-refractivity contribution in [2.24, 2.45) is 22.7 Å². The van der Waals surface area contributed by atoms with Crippen LogP contribution in [0.5, 0.6) is 0 Å². The molecule has 0 unspecified atom stereocenters.